The standard InChI is InChI=1S/C14H27NO/c1-14(2,3)12-10-16-9-8-13(12)15-11-6-4-5-7-11/h11-13,15H,4-10H2,1-3H3/t12?,13-/m0/s1. The molecule has 1 N–H and O–H groups in total. The minimum Gasteiger partial charge on any atom is -0.381 e. The number of nitrogens with one attached hydrogen (secondary N) is 1. The predicted molar refractivity (Wildman–Crippen MR) is 67.6 cm³/mol. The maximum absolute atomic E-state index is 5.66. The topological polar surface area (TPSA) is 21.3 Å². The molecule has 1 saturated heterocycles. The molecule has 0 spiro atoms. The Morgan fingerprint density at radius 3 is 2.38 bits per heavy atom. The van der Waals surface area contributed by atoms with Crippen LogP contribution in [-0.2, 0) is 4.74 Å². The van der Waals surface area contributed by atoms with E-state index in [-0.39, 0.29) is 0 Å². The van der Waals surface area contributed by atoms with Gasteiger partial charge in [0.05, 0.1) is 6.61 Å². The molecule has 1 aliphatic carbocycles. The van der Waals surface area contributed by atoms with Crippen LogP contribution in [0.5, 0.6) is 0 Å². The van der Waals surface area contributed by atoms with Gasteiger partial charge in [-0.1, -0.05) is 33.6 Å². The van der Waals surface area contributed by atoms with Crippen LogP contribution in [0.4, 0.5) is 0 Å². The molecule has 16 heavy (non-hydrogen) atoms. The fourth-order valence-electron chi connectivity index (χ4n) is 3.19. The zero-order valence-electron chi connectivity index (χ0n) is 11.1. The predicted octanol–water partition coefficient (Wildman–Crippen LogP) is 2.97. The third-order valence-corrected chi connectivity index (χ3v) is 4.27. The van der Waals surface area contributed by atoms with E-state index in [1.807, 2.05) is 0 Å². The Hall–Kier alpha value is -0.0800. The Bertz CT molecular complexity index is 215. The highest BCUT2D eigenvalue weighted by Gasteiger charge is 2.35. The van der Waals surface area contributed by atoms with Gasteiger partial charge in [-0.3, -0.25) is 0 Å². The average molecular weight is 225 g/mol. The molecule has 0 radical (unpaired) electrons. The van der Waals surface area contributed by atoms with Crippen LogP contribution in [0.1, 0.15) is 52.9 Å². The lowest BCUT2D eigenvalue weighted by molar-refractivity contribution is -0.0158. The summed E-state index contributed by atoms with van der Waals surface area (Å²) >= 11 is 0. The maximum Gasteiger partial charge on any atom is 0.0514 e. The Morgan fingerprint density at radius 1 is 1.06 bits per heavy atom. The minimum atomic E-state index is 0.358. The van der Waals surface area contributed by atoms with Crippen LogP contribution < -0.4 is 5.32 Å². The summed E-state index contributed by atoms with van der Waals surface area (Å²) in [5.74, 6) is 0.668. The van der Waals surface area contributed by atoms with Gasteiger partial charge in [0.25, 0.3) is 0 Å². The van der Waals surface area contributed by atoms with Crippen molar-refractivity contribution in [1.29, 1.82) is 0 Å². The summed E-state index contributed by atoms with van der Waals surface area (Å²) in [6.45, 7) is 8.91. The average Bonchev–Trinajstić information content (AvgIpc) is 2.70. The molecule has 2 fully saturated rings. The van der Waals surface area contributed by atoms with Gasteiger partial charge in [-0.05, 0) is 24.7 Å². The molecule has 1 aliphatic heterocycles. The zero-order valence-corrected chi connectivity index (χ0v) is 11.1. The van der Waals surface area contributed by atoms with Gasteiger partial charge in [-0.2, -0.15) is 0 Å². The largest absolute Gasteiger partial charge is 0.381 e. The van der Waals surface area contributed by atoms with Gasteiger partial charge in [0.2, 0.25) is 0 Å². The normalized spacial score (nSPS) is 33.2. The van der Waals surface area contributed by atoms with Crippen molar-refractivity contribution in [3.8, 4) is 0 Å². The van der Waals surface area contributed by atoms with E-state index < -0.39 is 0 Å². The SMILES string of the molecule is CC(C)(C)C1COCC[C@@H]1NC1CCCC1. The van der Waals surface area contributed by atoms with Gasteiger partial charge in [0.1, 0.15) is 0 Å². The van der Waals surface area contributed by atoms with E-state index in [2.05, 4.69) is 26.1 Å². The highest BCUT2D eigenvalue weighted by molar-refractivity contribution is 4.90. The molecule has 94 valence electrons. The van der Waals surface area contributed by atoms with Gasteiger partial charge < -0.3 is 10.1 Å². The fraction of sp³-hybridized carbons (Fsp3) is 1.00. The van der Waals surface area contributed by atoms with E-state index in [1.54, 1.807) is 0 Å². The summed E-state index contributed by atoms with van der Waals surface area (Å²) in [5.41, 5.74) is 0.358. The molecule has 0 amide bonds. The van der Waals surface area contributed by atoms with E-state index in [4.69, 9.17) is 4.74 Å². The third-order valence-electron chi connectivity index (χ3n) is 4.27. The van der Waals surface area contributed by atoms with Gasteiger partial charge >= 0.3 is 0 Å². The van der Waals surface area contributed by atoms with E-state index in [0.717, 1.165) is 19.3 Å². The van der Waals surface area contributed by atoms with Crippen molar-refractivity contribution in [3.63, 3.8) is 0 Å². The lowest BCUT2D eigenvalue weighted by atomic mass is 9.74. The van der Waals surface area contributed by atoms with E-state index >= 15 is 0 Å². The molecule has 0 aromatic heterocycles. The van der Waals surface area contributed by atoms with Crippen LogP contribution in [0, 0.1) is 11.3 Å². The van der Waals surface area contributed by atoms with Crippen molar-refractivity contribution in [2.75, 3.05) is 13.2 Å². The van der Waals surface area contributed by atoms with Crippen LogP contribution in [0.15, 0.2) is 0 Å². The van der Waals surface area contributed by atoms with Gasteiger partial charge in [0.15, 0.2) is 0 Å². The van der Waals surface area contributed by atoms with Crippen molar-refractivity contribution >= 4 is 0 Å². The third kappa shape index (κ3) is 2.98. The molecule has 2 rings (SSSR count). The van der Waals surface area contributed by atoms with E-state index in [1.165, 1.54) is 32.1 Å². The molecule has 2 nitrogen and oxygen atoms in total. The molecule has 1 saturated carbocycles. The fourth-order valence-corrected chi connectivity index (χ4v) is 3.19. The summed E-state index contributed by atoms with van der Waals surface area (Å²) < 4.78 is 5.66. The maximum atomic E-state index is 5.66. The summed E-state index contributed by atoms with van der Waals surface area (Å²) in [7, 11) is 0. The lowest BCUT2D eigenvalue weighted by Gasteiger charge is -2.41. The second kappa shape index (κ2) is 5.05. The van der Waals surface area contributed by atoms with E-state index in [0.29, 0.717) is 17.4 Å². The first-order valence-corrected chi connectivity index (χ1v) is 6.91. The Morgan fingerprint density at radius 2 is 1.75 bits per heavy atom. The van der Waals surface area contributed by atoms with Crippen molar-refractivity contribution in [1.82, 2.24) is 5.32 Å². The highest BCUT2D eigenvalue weighted by atomic mass is 16.5. The summed E-state index contributed by atoms with van der Waals surface area (Å²) in [5, 5.41) is 3.89. The molecular weight excluding hydrogens is 198 g/mol. The second-order valence-corrected chi connectivity index (χ2v) is 6.59. The number of rotatable bonds is 2. The van der Waals surface area contributed by atoms with Crippen molar-refractivity contribution in [2.45, 2.75) is 65.0 Å². The van der Waals surface area contributed by atoms with Crippen molar-refractivity contribution in [2.24, 2.45) is 11.3 Å². The summed E-state index contributed by atoms with van der Waals surface area (Å²) in [6.07, 6.45) is 6.79. The molecule has 2 heteroatoms. The minimum absolute atomic E-state index is 0.358. The summed E-state index contributed by atoms with van der Waals surface area (Å²) in [4.78, 5) is 0. The lowest BCUT2D eigenvalue weighted by Crippen LogP contribution is -2.50. The monoisotopic (exact) mass is 225 g/mol. The number of ether oxygens (including phenoxy) is 1. The molecule has 0 aromatic rings. The zero-order chi connectivity index (χ0) is 11.6. The van der Waals surface area contributed by atoms with E-state index in [9.17, 15) is 0 Å². The molecule has 1 heterocycles. The first-order valence-electron chi connectivity index (χ1n) is 6.91. The van der Waals surface area contributed by atoms with Crippen LogP contribution >= 0.6 is 0 Å². The Balaban J connectivity index is 1.93. The van der Waals surface area contributed by atoms with Crippen LogP contribution in [-0.4, -0.2) is 25.3 Å². The van der Waals surface area contributed by atoms with Gasteiger partial charge in [-0.15, -0.1) is 0 Å². The van der Waals surface area contributed by atoms with Crippen LogP contribution in [0.25, 0.3) is 0 Å². The van der Waals surface area contributed by atoms with Crippen molar-refractivity contribution < 1.29 is 4.74 Å². The molecular formula is C14H27NO. The number of hydrogen-bond acceptors (Lipinski definition) is 2. The number of hydrogen-bond donors (Lipinski definition) is 1. The van der Waals surface area contributed by atoms with Gasteiger partial charge in [0, 0.05) is 24.6 Å². The molecule has 0 aromatic carbocycles. The van der Waals surface area contributed by atoms with Crippen LogP contribution in [0.3, 0.4) is 0 Å². The van der Waals surface area contributed by atoms with Gasteiger partial charge in [-0.25, -0.2) is 0 Å². The first-order chi connectivity index (χ1) is 7.57. The second-order valence-electron chi connectivity index (χ2n) is 6.59. The van der Waals surface area contributed by atoms with Crippen molar-refractivity contribution in [3.05, 3.63) is 0 Å². The Labute approximate surface area is 100 Å². The summed E-state index contributed by atoms with van der Waals surface area (Å²) in [6, 6.07) is 1.46. The Kier molecular flexibility index (Phi) is 3.91. The smallest absolute Gasteiger partial charge is 0.0514 e. The molecule has 0 bridgehead atoms. The first kappa shape index (κ1) is 12.4. The highest BCUT2D eigenvalue weighted by Crippen LogP contribution is 2.33. The molecule has 1 unspecified atom stereocenters. The molecule has 2 atom stereocenters. The van der Waals surface area contributed by atoms with Crippen LogP contribution in [0.2, 0.25) is 0 Å². The molecule has 2 aliphatic rings. The quantitative estimate of drug-likeness (QED) is 0.780.